The van der Waals surface area contributed by atoms with E-state index in [4.69, 9.17) is 0 Å². The Balaban J connectivity index is 1.86. The predicted octanol–water partition coefficient (Wildman–Crippen LogP) is 2.01. The lowest BCUT2D eigenvalue weighted by atomic mass is 10.1. The van der Waals surface area contributed by atoms with Crippen LogP contribution in [0.1, 0.15) is 16.8 Å². The first kappa shape index (κ1) is 9.93. The number of hydrogen-bond donors (Lipinski definition) is 2. The van der Waals surface area contributed by atoms with E-state index in [1.54, 1.807) is 0 Å². The quantitative estimate of drug-likeness (QED) is 0.794. The van der Waals surface area contributed by atoms with Gasteiger partial charge in [0.05, 0.1) is 0 Å². The normalized spacial score (nSPS) is 10.5. The van der Waals surface area contributed by atoms with Crippen LogP contribution in [0.5, 0.6) is 0 Å². The highest BCUT2D eigenvalue weighted by Gasteiger charge is 1.97. The van der Waals surface area contributed by atoms with Gasteiger partial charge < -0.3 is 10.3 Å². The topological polar surface area (TPSA) is 40.7 Å². The summed E-state index contributed by atoms with van der Waals surface area (Å²) in [7, 11) is 0. The molecule has 0 aliphatic carbocycles. The van der Waals surface area contributed by atoms with Gasteiger partial charge in [0.2, 0.25) is 0 Å². The van der Waals surface area contributed by atoms with Crippen LogP contribution in [0, 0.1) is 6.92 Å². The summed E-state index contributed by atoms with van der Waals surface area (Å²) in [4.78, 5) is 7.27. The van der Waals surface area contributed by atoms with Gasteiger partial charge in [0, 0.05) is 37.4 Å². The van der Waals surface area contributed by atoms with Crippen LogP contribution in [0.4, 0.5) is 0 Å². The number of H-pyrrole nitrogens is 1. The third kappa shape index (κ3) is 2.67. The van der Waals surface area contributed by atoms with Crippen molar-refractivity contribution < 1.29 is 0 Å². The van der Waals surface area contributed by atoms with E-state index < -0.39 is 0 Å². The summed E-state index contributed by atoms with van der Waals surface area (Å²) < 4.78 is 0. The second-order valence-electron chi connectivity index (χ2n) is 3.60. The lowest BCUT2D eigenvalue weighted by molar-refractivity contribution is 0.678. The average Bonchev–Trinajstić information content (AvgIpc) is 2.74. The highest BCUT2D eigenvalue weighted by molar-refractivity contribution is 5.21. The van der Waals surface area contributed by atoms with Crippen LogP contribution in [0.3, 0.4) is 0 Å². The maximum Gasteiger partial charge on any atom is 0.0360 e. The molecule has 0 aliphatic rings. The third-order valence-electron chi connectivity index (χ3n) is 2.44. The molecule has 0 fully saturated rings. The maximum absolute atomic E-state index is 4.11. The molecule has 2 N–H and O–H groups in total. The van der Waals surface area contributed by atoms with Gasteiger partial charge in [0.15, 0.2) is 0 Å². The van der Waals surface area contributed by atoms with Crippen molar-refractivity contribution in [3.05, 3.63) is 53.6 Å². The maximum atomic E-state index is 4.11. The van der Waals surface area contributed by atoms with Gasteiger partial charge in [0.25, 0.3) is 0 Å². The first-order valence-electron chi connectivity index (χ1n) is 5.09. The highest BCUT2D eigenvalue weighted by atomic mass is 14.9. The van der Waals surface area contributed by atoms with Crippen molar-refractivity contribution in [2.24, 2.45) is 0 Å². The van der Waals surface area contributed by atoms with E-state index >= 15 is 0 Å². The number of rotatable bonds is 4. The van der Waals surface area contributed by atoms with Crippen molar-refractivity contribution in [2.45, 2.75) is 20.0 Å². The molecular weight excluding hydrogens is 186 g/mol. The zero-order chi connectivity index (χ0) is 10.5. The molecule has 2 rings (SSSR count). The van der Waals surface area contributed by atoms with Gasteiger partial charge in [-0.1, -0.05) is 0 Å². The van der Waals surface area contributed by atoms with Gasteiger partial charge in [-0.25, -0.2) is 0 Å². The monoisotopic (exact) mass is 201 g/mol. The molecule has 0 saturated heterocycles. The summed E-state index contributed by atoms with van der Waals surface area (Å²) >= 11 is 0. The summed E-state index contributed by atoms with van der Waals surface area (Å²) in [6, 6.07) is 6.11. The first-order chi connectivity index (χ1) is 7.36. The van der Waals surface area contributed by atoms with E-state index in [0.717, 1.165) is 13.1 Å². The van der Waals surface area contributed by atoms with Crippen LogP contribution in [0.2, 0.25) is 0 Å². The Morgan fingerprint density at radius 1 is 1.33 bits per heavy atom. The van der Waals surface area contributed by atoms with Crippen molar-refractivity contribution in [3.8, 4) is 0 Å². The minimum Gasteiger partial charge on any atom is -0.364 e. The second-order valence-corrected chi connectivity index (χ2v) is 3.60. The molecular formula is C12H15N3. The molecule has 3 nitrogen and oxygen atoms in total. The molecule has 0 aromatic carbocycles. The summed E-state index contributed by atoms with van der Waals surface area (Å²) in [5, 5.41) is 3.37. The van der Waals surface area contributed by atoms with Crippen molar-refractivity contribution in [1.82, 2.24) is 15.3 Å². The molecule has 0 aliphatic heterocycles. The molecule has 3 heteroatoms. The fourth-order valence-electron chi connectivity index (χ4n) is 1.49. The Morgan fingerprint density at radius 3 is 3.00 bits per heavy atom. The van der Waals surface area contributed by atoms with E-state index in [-0.39, 0.29) is 0 Å². The minimum atomic E-state index is 0.860. The van der Waals surface area contributed by atoms with E-state index in [0.29, 0.717) is 0 Å². The summed E-state index contributed by atoms with van der Waals surface area (Å²) in [5.74, 6) is 0. The van der Waals surface area contributed by atoms with Gasteiger partial charge in [-0.15, -0.1) is 0 Å². The van der Waals surface area contributed by atoms with E-state index in [1.165, 1.54) is 16.8 Å². The molecule has 0 unspecified atom stereocenters. The first-order valence-corrected chi connectivity index (χ1v) is 5.09. The van der Waals surface area contributed by atoms with Gasteiger partial charge >= 0.3 is 0 Å². The van der Waals surface area contributed by atoms with Crippen LogP contribution < -0.4 is 5.32 Å². The van der Waals surface area contributed by atoms with Crippen LogP contribution in [-0.4, -0.2) is 9.97 Å². The van der Waals surface area contributed by atoms with Crippen molar-refractivity contribution in [1.29, 1.82) is 0 Å². The smallest absolute Gasteiger partial charge is 0.0360 e. The number of pyridine rings is 1. The van der Waals surface area contributed by atoms with E-state index in [9.17, 15) is 0 Å². The van der Waals surface area contributed by atoms with Gasteiger partial charge in [-0.3, -0.25) is 4.98 Å². The minimum absolute atomic E-state index is 0.860. The zero-order valence-electron chi connectivity index (χ0n) is 8.83. The number of hydrogen-bond acceptors (Lipinski definition) is 2. The van der Waals surface area contributed by atoms with E-state index in [1.807, 2.05) is 30.7 Å². The fraction of sp³-hybridized carbons (Fsp3) is 0.250. The average molecular weight is 201 g/mol. The van der Waals surface area contributed by atoms with Crippen LogP contribution in [0.15, 0.2) is 36.8 Å². The number of aromatic amines is 1. The number of aromatic nitrogens is 2. The summed E-state index contributed by atoms with van der Waals surface area (Å²) in [6.07, 6.45) is 5.67. The Morgan fingerprint density at radius 2 is 2.27 bits per heavy atom. The SMILES string of the molecule is Cc1ccncc1CNCc1ccc[nH]1. The molecule has 0 radical (unpaired) electrons. The molecule has 78 valence electrons. The number of aryl methyl sites for hydroxylation is 1. The largest absolute Gasteiger partial charge is 0.364 e. The van der Waals surface area contributed by atoms with Crippen molar-refractivity contribution in [3.63, 3.8) is 0 Å². The Kier molecular flexibility index (Phi) is 3.15. The summed E-state index contributed by atoms with van der Waals surface area (Å²) in [6.45, 7) is 3.83. The van der Waals surface area contributed by atoms with E-state index in [2.05, 4.69) is 28.3 Å². The third-order valence-corrected chi connectivity index (χ3v) is 2.44. The molecule has 15 heavy (non-hydrogen) atoms. The summed E-state index contributed by atoms with van der Waals surface area (Å²) in [5.41, 5.74) is 3.74. The Labute approximate surface area is 89.6 Å². The Hall–Kier alpha value is -1.61. The molecule has 2 aromatic rings. The molecule has 0 saturated carbocycles. The molecule has 0 bridgehead atoms. The molecule has 0 spiro atoms. The van der Waals surface area contributed by atoms with Crippen LogP contribution >= 0.6 is 0 Å². The van der Waals surface area contributed by atoms with Crippen LogP contribution in [0.25, 0.3) is 0 Å². The van der Waals surface area contributed by atoms with Crippen molar-refractivity contribution in [2.75, 3.05) is 0 Å². The number of nitrogens with zero attached hydrogens (tertiary/aromatic N) is 1. The lowest BCUT2D eigenvalue weighted by Crippen LogP contribution is -2.13. The standard InChI is InChI=1S/C12H15N3/c1-10-4-6-13-7-11(10)8-14-9-12-3-2-5-15-12/h2-7,14-15H,8-9H2,1H3. The van der Waals surface area contributed by atoms with Crippen molar-refractivity contribution >= 4 is 0 Å². The molecule has 0 amide bonds. The lowest BCUT2D eigenvalue weighted by Gasteiger charge is -2.05. The molecule has 2 aromatic heterocycles. The number of nitrogens with one attached hydrogen (secondary N) is 2. The zero-order valence-corrected chi connectivity index (χ0v) is 8.83. The van der Waals surface area contributed by atoms with Crippen LogP contribution in [-0.2, 0) is 13.1 Å². The Bertz CT molecular complexity index is 407. The second kappa shape index (κ2) is 4.75. The molecule has 0 atom stereocenters. The predicted molar refractivity (Wildman–Crippen MR) is 60.3 cm³/mol. The highest BCUT2D eigenvalue weighted by Crippen LogP contribution is 2.04. The van der Waals surface area contributed by atoms with Gasteiger partial charge in [0.1, 0.15) is 0 Å². The fourth-order valence-corrected chi connectivity index (χ4v) is 1.49. The van der Waals surface area contributed by atoms with Gasteiger partial charge in [-0.2, -0.15) is 0 Å². The molecule has 2 heterocycles. The van der Waals surface area contributed by atoms with Gasteiger partial charge in [-0.05, 0) is 36.2 Å².